The minimum atomic E-state index is -0.471. The summed E-state index contributed by atoms with van der Waals surface area (Å²) in [5, 5.41) is 0. The zero-order chi connectivity index (χ0) is 16.7. The highest BCUT2D eigenvalue weighted by atomic mass is 16.6. The van der Waals surface area contributed by atoms with E-state index in [4.69, 9.17) is 9.47 Å². The number of hydrogen-bond donors (Lipinski definition) is 0. The second-order valence-corrected chi connectivity index (χ2v) is 4.52. The first-order chi connectivity index (χ1) is 11.1. The van der Waals surface area contributed by atoms with Gasteiger partial charge in [0.15, 0.2) is 11.5 Å². The van der Waals surface area contributed by atoms with E-state index in [1.165, 1.54) is 20.3 Å². The summed E-state index contributed by atoms with van der Waals surface area (Å²) >= 11 is 0. The van der Waals surface area contributed by atoms with Crippen molar-refractivity contribution in [1.82, 2.24) is 0 Å². The van der Waals surface area contributed by atoms with Crippen LogP contribution in [0.1, 0.15) is 15.9 Å². The summed E-state index contributed by atoms with van der Waals surface area (Å²) in [5.74, 6) is -0.233. The molecule has 2 aromatic rings. The fourth-order valence-electron chi connectivity index (χ4n) is 1.84. The minimum Gasteiger partial charge on any atom is -0.493 e. The Morgan fingerprint density at radius 1 is 0.957 bits per heavy atom. The molecule has 0 aromatic heterocycles. The van der Waals surface area contributed by atoms with Crippen molar-refractivity contribution in [2.45, 2.75) is 0 Å². The van der Waals surface area contributed by atoms with Crippen molar-refractivity contribution in [2.75, 3.05) is 14.2 Å². The Kier molecular flexibility index (Phi) is 5.52. The normalized spacial score (nSPS) is 10.3. The van der Waals surface area contributed by atoms with Crippen LogP contribution in [0.15, 0.2) is 54.6 Å². The van der Waals surface area contributed by atoms with E-state index >= 15 is 0 Å². The van der Waals surface area contributed by atoms with E-state index in [1.54, 1.807) is 48.5 Å². The molecule has 0 radical (unpaired) electrons. The third kappa shape index (κ3) is 4.44. The standard InChI is InChI=1S/C18H16O5/c1-21-16-12-13(9-11-17(19)22-2)8-10-15(16)23-18(20)14-6-4-3-5-7-14/h3-12H,1-2H3/b11-9+. The van der Waals surface area contributed by atoms with Crippen molar-refractivity contribution in [1.29, 1.82) is 0 Å². The predicted octanol–water partition coefficient (Wildman–Crippen LogP) is 3.10. The van der Waals surface area contributed by atoms with Gasteiger partial charge in [-0.15, -0.1) is 0 Å². The molecule has 0 aliphatic carbocycles. The quantitative estimate of drug-likeness (QED) is 0.482. The van der Waals surface area contributed by atoms with Gasteiger partial charge in [-0.05, 0) is 35.9 Å². The number of hydrogen-bond acceptors (Lipinski definition) is 5. The van der Waals surface area contributed by atoms with Gasteiger partial charge in [0.2, 0.25) is 0 Å². The summed E-state index contributed by atoms with van der Waals surface area (Å²) in [4.78, 5) is 23.2. The number of carbonyl (C=O) groups excluding carboxylic acids is 2. The first kappa shape index (κ1) is 16.3. The summed E-state index contributed by atoms with van der Waals surface area (Å²) in [6, 6.07) is 13.6. The van der Waals surface area contributed by atoms with E-state index in [1.807, 2.05) is 6.07 Å². The smallest absolute Gasteiger partial charge is 0.343 e. The van der Waals surface area contributed by atoms with Crippen molar-refractivity contribution in [2.24, 2.45) is 0 Å². The number of ether oxygens (including phenoxy) is 3. The predicted molar refractivity (Wildman–Crippen MR) is 85.4 cm³/mol. The van der Waals surface area contributed by atoms with Gasteiger partial charge in [0, 0.05) is 6.08 Å². The van der Waals surface area contributed by atoms with Gasteiger partial charge in [0.05, 0.1) is 19.8 Å². The lowest BCUT2D eigenvalue weighted by Crippen LogP contribution is -2.09. The lowest BCUT2D eigenvalue weighted by molar-refractivity contribution is -0.134. The Hall–Kier alpha value is -3.08. The Morgan fingerprint density at radius 3 is 2.35 bits per heavy atom. The minimum absolute atomic E-state index is 0.302. The number of carbonyl (C=O) groups is 2. The van der Waals surface area contributed by atoms with Crippen LogP contribution in [0.5, 0.6) is 11.5 Å². The maximum Gasteiger partial charge on any atom is 0.343 e. The molecule has 0 N–H and O–H groups in total. The molecular weight excluding hydrogens is 296 g/mol. The van der Waals surface area contributed by atoms with Crippen molar-refractivity contribution < 1.29 is 23.8 Å². The first-order valence-electron chi connectivity index (χ1n) is 6.85. The molecule has 0 heterocycles. The molecule has 0 fully saturated rings. The van der Waals surface area contributed by atoms with Crippen molar-refractivity contribution in [3.8, 4) is 11.5 Å². The Balaban J connectivity index is 2.18. The molecule has 0 spiro atoms. The lowest BCUT2D eigenvalue weighted by Gasteiger charge is -2.10. The van der Waals surface area contributed by atoms with Gasteiger partial charge in [-0.25, -0.2) is 9.59 Å². The fraction of sp³-hybridized carbons (Fsp3) is 0.111. The molecular formula is C18H16O5. The summed E-state index contributed by atoms with van der Waals surface area (Å²) in [7, 11) is 2.78. The van der Waals surface area contributed by atoms with Crippen LogP contribution in [-0.2, 0) is 9.53 Å². The summed E-state index contributed by atoms with van der Waals surface area (Å²) in [6.45, 7) is 0. The van der Waals surface area contributed by atoms with Crippen molar-refractivity contribution in [3.05, 3.63) is 65.7 Å². The van der Waals surface area contributed by atoms with Crippen LogP contribution in [0, 0.1) is 0 Å². The first-order valence-corrected chi connectivity index (χ1v) is 6.85. The molecule has 0 bridgehead atoms. The van der Waals surface area contributed by atoms with Gasteiger partial charge in [0.25, 0.3) is 0 Å². The summed E-state index contributed by atoms with van der Waals surface area (Å²) < 4.78 is 15.1. The molecule has 0 saturated carbocycles. The van der Waals surface area contributed by atoms with E-state index < -0.39 is 11.9 Å². The molecule has 0 saturated heterocycles. The molecule has 5 nitrogen and oxygen atoms in total. The second kappa shape index (κ2) is 7.79. The molecule has 0 aliphatic heterocycles. The zero-order valence-corrected chi connectivity index (χ0v) is 12.8. The van der Waals surface area contributed by atoms with Crippen LogP contribution in [0.4, 0.5) is 0 Å². The van der Waals surface area contributed by atoms with Gasteiger partial charge in [0.1, 0.15) is 0 Å². The Morgan fingerprint density at radius 2 is 1.70 bits per heavy atom. The molecule has 5 heteroatoms. The highest BCUT2D eigenvalue weighted by Crippen LogP contribution is 2.29. The number of rotatable bonds is 5. The van der Waals surface area contributed by atoms with Gasteiger partial charge in [-0.3, -0.25) is 0 Å². The Bertz CT molecular complexity index is 719. The number of benzene rings is 2. The van der Waals surface area contributed by atoms with Crippen molar-refractivity contribution in [3.63, 3.8) is 0 Å². The van der Waals surface area contributed by atoms with E-state index in [-0.39, 0.29) is 0 Å². The van der Waals surface area contributed by atoms with Crippen LogP contribution in [0.2, 0.25) is 0 Å². The molecule has 23 heavy (non-hydrogen) atoms. The molecule has 0 aliphatic rings. The van der Waals surface area contributed by atoms with Gasteiger partial charge < -0.3 is 14.2 Å². The lowest BCUT2D eigenvalue weighted by atomic mass is 10.2. The third-order valence-corrected chi connectivity index (χ3v) is 3.01. The van der Waals surface area contributed by atoms with Crippen LogP contribution in [-0.4, -0.2) is 26.2 Å². The summed E-state index contributed by atoms with van der Waals surface area (Å²) in [6.07, 6.45) is 2.88. The molecule has 2 rings (SSSR count). The molecule has 118 valence electrons. The van der Waals surface area contributed by atoms with Gasteiger partial charge in [-0.1, -0.05) is 24.3 Å². The molecule has 0 amide bonds. The molecule has 0 atom stereocenters. The van der Waals surface area contributed by atoms with Crippen LogP contribution in [0.25, 0.3) is 6.08 Å². The van der Waals surface area contributed by atoms with Crippen LogP contribution < -0.4 is 9.47 Å². The van der Waals surface area contributed by atoms with Gasteiger partial charge in [-0.2, -0.15) is 0 Å². The van der Waals surface area contributed by atoms with E-state index in [9.17, 15) is 9.59 Å². The molecule has 0 unspecified atom stereocenters. The average molecular weight is 312 g/mol. The second-order valence-electron chi connectivity index (χ2n) is 4.52. The van der Waals surface area contributed by atoms with Gasteiger partial charge >= 0.3 is 11.9 Å². The Labute approximate surface area is 134 Å². The highest BCUT2D eigenvalue weighted by molar-refractivity contribution is 5.91. The fourth-order valence-corrected chi connectivity index (χ4v) is 1.84. The highest BCUT2D eigenvalue weighted by Gasteiger charge is 2.12. The number of methoxy groups -OCH3 is 2. The topological polar surface area (TPSA) is 61.8 Å². The van der Waals surface area contributed by atoms with Crippen LogP contribution >= 0.6 is 0 Å². The van der Waals surface area contributed by atoms with E-state index in [2.05, 4.69) is 4.74 Å². The van der Waals surface area contributed by atoms with E-state index in [0.29, 0.717) is 22.6 Å². The third-order valence-electron chi connectivity index (χ3n) is 3.01. The SMILES string of the molecule is COC(=O)/C=C/c1ccc(OC(=O)c2ccccc2)c(OC)c1. The van der Waals surface area contributed by atoms with E-state index in [0.717, 1.165) is 0 Å². The maximum absolute atomic E-state index is 12.1. The molecule has 2 aromatic carbocycles. The maximum atomic E-state index is 12.1. The van der Waals surface area contributed by atoms with Crippen LogP contribution in [0.3, 0.4) is 0 Å². The summed E-state index contributed by atoms with van der Waals surface area (Å²) in [5.41, 5.74) is 1.16. The number of esters is 2. The zero-order valence-electron chi connectivity index (χ0n) is 12.8. The monoisotopic (exact) mass is 312 g/mol. The van der Waals surface area contributed by atoms with Crippen molar-refractivity contribution >= 4 is 18.0 Å². The average Bonchev–Trinajstić information content (AvgIpc) is 2.61. The largest absolute Gasteiger partial charge is 0.493 e.